The van der Waals surface area contributed by atoms with E-state index in [-0.39, 0.29) is 17.1 Å². The molecule has 32 heavy (non-hydrogen) atoms. The van der Waals surface area contributed by atoms with Gasteiger partial charge in [0.25, 0.3) is 0 Å². The lowest BCUT2D eigenvalue weighted by atomic mass is 10.0. The maximum absolute atomic E-state index is 13.1. The van der Waals surface area contributed by atoms with Crippen molar-refractivity contribution in [3.05, 3.63) is 105 Å². The van der Waals surface area contributed by atoms with Gasteiger partial charge in [-0.2, -0.15) is 0 Å². The zero-order valence-corrected chi connectivity index (χ0v) is 19.1. The summed E-state index contributed by atoms with van der Waals surface area (Å²) in [5.41, 5.74) is 1.23. The van der Waals surface area contributed by atoms with Crippen LogP contribution in [0.15, 0.2) is 89.1 Å². The lowest BCUT2D eigenvalue weighted by Crippen LogP contribution is -2.04. The van der Waals surface area contributed by atoms with Gasteiger partial charge in [0.15, 0.2) is 11.6 Å². The molecule has 0 aliphatic heterocycles. The normalized spacial score (nSPS) is 13.1. The summed E-state index contributed by atoms with van der Waals surface area (Å²) in [5.74, 6) is -0.391. The lowest BCUT2D eigenvalue weighted by Gasteiger charge is -2.19. The van der Waals surface area contributed by atoms with Gasteiger partial charge in [0, 0.05) is 16.0 Å². The van der Waals surface area contributed by atoms with Gasteiger partial charge in [-0.3, -0.25) is 14.5 Å². The Morgan fingerprint density at radius 3 is 1.78 bits per heavy atom. The van der Waals surface area contributed by atoms with Gasteiger partial charge in [-0.25, -0.2) is 0 Å². The van der Waals surface area contributed by atoms with E-state index in [1.54, 1.807) is 40.1 Å². The molecule has 6 heteroatoms. The van der Waals surface area contributed by atoms with Gasteiger partial charge in [0.2, 0.25) is 0 Å². The average Bonchev–Trinajstić information content (AvgIpc) is 3.62. The molecule has 2 aromatic carbocycles. The number of carbonyl (C=O) groups is 2. The van der Waals surface area contributed by atoms with Crippen LogP contribution in [0.4, 0.5) is 15.0 Å². The minimum atomic E-state index is -0.195. The molecule has 3 heterocycles. The number of thiophene rings is 3. The number of anilines is 3. The molecule has 0 N–H and O–H groups in total. The van der Waals surface area contributed by atoms with Gasteiger partial charge < -0.3 is 0 Å². The molecule has 0 radical (unpaired) electrons. The quantitative estimate of drug-likeness (QED) is 0.198. The highest BCUT2D eigenvalue weighted by molar-refractivity contribution is 7.20. The zero-order chi connectivity index (χ0) is 21.7. The van der Waals surface area contributed by atoms with Crippen LogP contribution >= 0.6 is 34.0 Å². The number of ketones is 2. The summed E-state index contributed by atoms with van der Waals surface area (Å²) in [7, 11) is 0. The number of rotatable bonds is 4. The van der Waals surface area contributed by atoms with E-state index in [1.807, 2.05) is 60.7 Å². The average molecular weight is 470 g/mol. The van der Waals surface area contributed by atoms with Gasteiger partial charge in [-0.1, -0.05) is 24.3 Å². The minimum absolute atomic E-state index is 0.195. The molecular formula is C26H15NO2S3. The number of hydrogen-bond acceptors (Lipinski definition) is 6. The second-order valence-corrected chi connectivity index (χ2v) is 10.3. The Kier molecular flexibility index (Phi) is 4.64. The first-order valence-corrected chi connectivity index (χ1v) is 12.6. The van der Waals surface area contributed by atoms with Gasteiger partial charge >= 0.3 is 0 Å². The SMILES string of the molecule is O=C1C(=Cc2ccc(N(c3cccs3)c3cccs3)s2)C(=O)c2cc3ccccc3cc21. The van der Waals surface area contributed by atoms with E-state index in [9.17, 15) is 9.59 Å². The number of Topliss-reactive ketones (excluding diaryl/α,β-unsaturated/α-hetero) is 2. The summed E-state index contributed by atoms with van der Waals surface area (Å²) in [6.07, 6.45) is 1.74. The number of benzene rings is 2. The maximum Gasteiger partial charge on any atom is 0.197 e. The van der Waals surface area contributed by atoms with Crippen LogP contribution in [0.5, 0.6) is 0 Å². The Bertz CT molecular complexity index is 1420. The molecule has 0 amide bonds. The highest BCUT2D eigenvalue weighted by atomic mass is 32.1. The molecule has 0 fully saturated rings. The molecule has 6 rings (SSSR count). The van der Waals surface area contributed by atoms with Crippen molar-refractivity contribution in [3.8, 4) is 0 Å². The van der Waals surface area contributed by atoms with Crippen LogP contribution in [-0.2, 0) is 0 Å². The summed E-state index contributed by atoms with van der Waals surface area (Å²) < 4.78 is 0. The van der Waals surface area contributed by atoms with Gasteiger partial charge in [0.1, 0.15) is 15.0 Å². The highest BCUT2D eigenvalue weighted by Crippen LogP contribution is 2.43. The molecular weight excluding hydrogens is 454 g/mol. The van der Waals surface area contributed by atoms with E-state index < -0.39 is 0 Å². The minimum Gasteiger partial charge on any atom is -0.288 e. The molecule has 5 aromatic rings. The van der Waals surface area contributed by atoms with Crippen molar-refractivity contribution in [1.29, 1.82) is 0 Å². The fourth-order valence-electron chi connectivity index (χ4n) is 3.94. The third-order valence-corrected chi connectivity index (χ3v) is 8.16. The van der Waals surface area contributed by atoms with E-state index in [0.29, 0.717) is 11.1 Å². The predicted octanol–water partition coefficient (Wildman–Crippen LogP) is 7.96. The first kappa shape index (κ1) is 19.4. The van der Waals surface area contributed by atoms with E-state index in [4.69, 9.17) is 0 Å². The number of fused-ring (bicyclic) bond motifs is 2. The second-order valence-electron chi connectivity index (χ2n) is 7.38. The monoisotopic (exact) mass is 469 g/mol. The largest absolute Gasteiger partial charge is 0.288 e. The van der Waals surface area contributed by atoms with Crippen LogP contribution in [0.25, 0.3) is 16.8 Å². The molecule has 1 aliphatic rings. The van der Waals surface area contributed by atoms with Crippen LogP contribution < -0.4 is 4.90 Å². The Morgan fingerprint density at radius 1 is 0.656 bits per heavy atom. The number of carbonyl (C=O) groups excluding carboxylic acids is 2. The smallest absolute Gasteiger partial charge is 0.197 e. The van der Waals surface area contributed by atoms with Gasteiger partial charge in [-0.15, -0.1) is 34.0 Å². The van der Waals surface area contributed by atoms with Crippen molar-refractivity contribution >= 4 is 77.4 Å². The molecule has 1 aliphatic carbocycles. The van der Waals surface area contributed by atoms with E-state index in [2.05, 4.69) is 27.8 Å². The molecule has 0 unspecified atom stereocenters. The predicted molar refractivity (Wildman–Crippen MR) is 135 cm³/mol. The molecule has 3 aromatic heterocycles. The summed E-state index contributed by atoms with van der Waals surface area (Å²) in [5, 5.41) is 9.35. The van der Waals surface area contributed by atoms with Crippen LogP contribution in [0, 0.1) is 0 Å². The first-order chi connectivity index (χ1) is 15.7. The number of nitrogens with zero attached hydrogens (tertiary/aromatic N) is 1. The van der Waals surface area contributed by atoms with Crippen LogP contribution in [0.1, 0.15) is 25.6 Å². The molecule has 0 spiro atoms. The van der Waals surface area contributed by atoms with Crippen LogP contribution in [-0.4, -0.2) is 11.6 Å². The van der Waals surface area contributed by atoms with Crippen molar-refractivity contribution in [1.82, 2.24) is 0 Å². The summed E-state index contributed by atoms with van der Waals surface area (Å²) in [4.78, 5) is 29.2. The lowest BCUT2D eigenvalue weighted by molar-refractivity contribution is 0.0990. The van der Waals surface area contributed by atoms with Gasteiger partial charge in [0.05, 0.1) is 5.57 Å². The maximum atomic E-state index is 13.1. The fourth-order valence-corrected chi connectivity index (χ4v) is 6.61. The van der Waals surface area contributed by atoms with Crippen LogP contribution in [0.3, 0.4) is 0 Å². The topological polar surface area (TPSA) is 37.4 Å². The fraction of sp³-hybridized carbons (Fsp3) is 0. The van der Waals surface area contributed by atoms with E-state index in [0.717, 1.165) is 30.7 Å². The van der Waals surface area contributed by atoms with E-state index in [1.165, 1.54) is 0 Å². The molecule has 0 bridgehead atoms. The molecule has 154 valence electrons. The Labute approximate surface area is 196 Å². The zero-order valence-electron chi connectivity index (χ0n) is 16.6. The van der Waals surface area contributed by atoms with Crippen LogP contribution in [0.2, 0.25) is 0 Å². The van der Waals surface area contributed by atoms with Crippen molar-refractivity contribution < 1.29 is 9.59 Å². The highest BCUT2D eigenvalue weighted by Gasteiger charge is 2.33. The number of hydrogen-bond donors (Lipinski definition) is 0. The summed E-state index contributed by atoms with van der Waals surface area (Å²) in [6, 6.07) is 23.7. The van der Waals surface area contributed by atoms with Crippen molar-refractivity contribution in [2.24, 2.45) is 0 Å². The molecule has 0 saturated heterocycles. The Hall–Kier alpha value is -3.32. The Morgan fingerprint density at radius 2 is 1.25 bits per heavy atom. The summed E-state index contributed by atoms with van der Waals surface area (Å²) >= 11 is 4.92. The standard InChI is InChI=1S/C26H15NO2S3/c28-25-19-13-16-5-1-2-6-17(16)14-20(19)26(29)21(25)15-18-9-10-24(32-18)27(22-7-3-11-30-22)23-8-4-12-31-23/h1-15H. The first-order valence-electron chi connectivity index (χ1n) is 10.00. The molecule has 0 atom stereocenters. The summed E-state index contributed by atoms with van der Waals surface area (Å²) in [6.45, 7) is 0. The van der Waals surface area contributed by atoms with Crippen molar-refractivity contribution in [3.63, 3.8) is 0 Å². The second kappa shape index (κ2) is 7.67. The van der Waals surface area contributed by atoms with E-state index >= 15 is 0 Å². The van der Waals surface area contributed by atoms with Crippen molar-refractivity contribution in [2.75, 3.05) is 4.90 Å². The van der Waals surface area contributed by atoms with Crippen molar-refractivity contribution in [2.45, 2.75) is 0 Å². The molecule has 3 nitrogen and oxygen atoms in total. The Balaban J connectivity index is 1.39. The molecule has 0 saturated carbocycles. The third-order valence-electron chi connectivity index (χ3n) is 5.44. The third kappa shape index (κ3) is 3.15. The number of allylic oxidation sites excluding steroid dienone is 1. The van der Waals surface area contributed by atoms with Gasteiger partial charge in [-0.05, 0) is 76.1 Å².